The first-order valence-electron chi connectivity index (χ1n) is 6.41. The van der Waals surface area contributed by atoms with Gasteiger partial charge in [0.1, 0.15) is 4.21 Å². The number of thiophene rings is 1. The van der Waals surface area contributed by atoms with E-state index in [0.29, 0.717) is 23.3 Å². The monoisotopic (exact) mass is 288 g/mol. The van der Waals surface area contributed by atoms with Gasteiger partial charge in [-0.25, -0.2) is 8.42 Å². The molecule has 0 atom stereocenters. The molecular formula is C12H20N2O2S2. The predicted molar refractivity (Wildman–Crippen MR) is 74.4 cm³/mol. The van der Waals surface area contributed by atoms with E-state index < -0.39 is 10.0 Å². The average Bonchev–Trinajstić information content (AvgIpc) is 2.91. The third-order valence-corrected chi connectivity index (χ3v) is 6.50. The lowest BCUT2D eigenvalue weighted by Crippen LogP contribution is -2.44. The summed E-state index contributed by atoms with van der Waals surface area (Å²) in [5, 5.41) is 5.27. The highest BCUT2D eigenvalue weighted by Crippen LogP contribution is 2.24. The van der Waals surface area contributed by atoms with E-state index in [1.165, 1.54) is 11.3 Å². The van der Waals surface area contributed by atoms with Crippen LogP contribution in [0.15, 0.2) is 21.7 Å². The molecule has 1 saturated heterocycles. The third kappa shape index (κ3) is 3.12. The first-order valence-corrected chi connectivity index (χ1v) is 8.73. The Morgan fingerprint density at radius 3 is 2.72 bits per heavy atom. The third-order valence-electron chi connectivity index (χ3n) is 3.23. The van der Waals surface area contributed by atoms with E-state index in [2.05, 4.69) is 12.2 Å². The van der Waals surface area contributed by atoms with E-state index in [1.807, 2.05) is 5.38 Å². The van der Waals surface area contributed by atoms with Gasteiger partial charge in [-0.05, 0) is 37.3 Å². The van der Waals surface area contributed by atoms with Crippen LogP contribution in [0.5, 0.6) is 0 Å². The lowest BCUT2D eigenvalue weighted by molar-refractivity contribution is 0.290. The van der Waals surface area contributed by atoms with Gasteiger partial charge in [0.15, 0.2) is 0 Å². The second-order valence-electron chi connectivity index (χ2n) is 4.56. The minimum Gasteiger partial charge on any atom is -0.314 e. The lowest BCUT2D eigenvalue weighted by Gasteiger charge is -2.31. The summed E-state index contributed by atoms with van der Waals surface area (Å²) in [7, 11) is -3.24. The van der Waals surface area contributed by atoms with Crippen molar-refractivity contribution in [1.82, 2.24) is 9.62 Å². The van der Waals surface area contributed by atoms with Crippen molar-refractivity contribution < 1.29 is 8.42 Å². The number of piperidine rings is 1. The molecule has 2 heterocycles. The molecule has 0 bridgehead atoms. The smallest absolute Gasteiger partial charge is 0.252 e. The number of rotatable bonds is 5. The molecule has 102 valence electrons. The second kappa shape index (κ2) is 6.14. The van der Waals surface area contributed by atoms with Gasteiger partial charge in [0.05, 0.1) is 0 Å². The van der Waals surface area contributed by atoms with Crippen LogP contribution < -0.4 is 5.32 Å². The molecule has 4 nitrogen and oxygen atoms in total. The Morgan fingerprint density at radius 2 is 2.17 bits per heavy atom. The quantitative estimate of drug-likeness (QED) is 0.900. The van der Waals surface area contributed by atoms with Crippen molar-refractivity contribution in [2.24, 2.45) is 0 Å². The largest absolute Gasteiger partial charge is 0.314 e. The first kappa shape index (κ1) is 14.0. The van der Waals surface area contributed by atoms with Gasteiger partial charge in [-0.15, -0.1) is 11.3 Å². The molecule has 0 radical (unpaired) electrons. The number of nitrogens with one attached hydrogen (secondary N) is 1. The summed E-state index contributed by atoms with van der Waals surface area (Å²) in [4.78, 5) is 0. The fraction of sp³-hybridized carbons (Fsp3) is 0.667. The topological polar surface area (TPSA) is 49.4 Å². The van der Waals surface area contributed by atoms with Gasteiger partial charge in [0.2, 0.25) is 0 Å². The molecule has 1 fully saturated rings. The van der Waals surface area contributed by atoms with Crippen LogP contribution in [0, 0.1) is 0 Å². The van der Waals surface area contributed by atoms with Gasteiger partial charge in [-0.2, -0.15) is 4.31 Å². The fourth-order valence-electron chi connectivity index (χ4n) is 2.19. The second-order valence-corrected chi connectivity index (χ2v) is 7.68. The molecule has 1 aliphatic rings. The summed E-state index contributed by atoms with van der Waals surface area (Å²) in [6.45, 7) is 4.41. The molecule has 0 amide bonds. The van der Waals surface area contributed by atoms with Gasteiger partial charge in [-0.1, -0.05) is 13.0 Å². The number of nitrogens with zero attached hydrogens (tertiary/aromatic N) is 1. The highest BCUT2D eigenvalue weighted by molar-refractivity contribution is 7.91. The van der Waals surface area contributed by atoms with Crippen molar-refractivity contribution in [1.29, 1.82) is 0 Å². The number of hydrogen-bond acceptors (Lipinski definition) is 4. The molecule has 1 N–H and O–H groups in total. The van der Waals surface area contributed by atoms with Crippen LogP contribution in [-0.2, 0) is 10.0 Å². The van der Waals surface area contributed by atoms with Gasteiger partial charge in [0, 0.05) is 19.1 Å². The molecule has 1 aliphatic heterocycles. The maximum Gasteiger partial charge on any atom is 0.252 e. The van der Waals surface area contributed by atoms with E-state index in [1.54, 1.807) is 16.4 Å². The molecule has 0 saturated carbocycles. The Hall–Kier alpha value is -0.430. The Balaban J connectivity index is 1.94. The standard InChI is InChI=1S/C12H20N2O2S2/c1-2-7-13-11-5-8-14(9-6-11)18(15,16)12-4-3-10-17-12/h3-4,10-11,13H,2,5-9H2,1H3. The Bertz CT molecular complexity index is 448. The Kier molecular flexibility index (Phi) is 4.77. The normalized spacial score (nSPS) is 19.2. The summed E-state index contributed by atoms with van der Waals surface area (Å²) in [6.07, 6.45) is 2.93. The zero-order valence-corrected chi connectivity index (χ0v) is 12.3. The molecule has 1 aromatic rings. The van der Waals surface area contributed by atoms with Crippen LogP contribution in [0.25, 0.3) is 0 Å². The summed E-state index contributed by atoms with van der Waals surface area (Å²) >= 11 is 1.29. The van der Waals surface area contributed by atoms with Crippen molar-refractivity contribution in [3.63, 3.8) is 0 Å². The SMILES string of the molecule is CCCNC1CCN(S(=O)(=O)c2cccs2)CC1. The van der Waals surface area contributed by atoms with Crippen LogP contribution in [0.1, 0.15) is 26.2 Å². The van der Waals surface area contributed by atoms with Crippen molar-refractivity contribution in [3.8, 4) is 0 Å². The van der Waals surface area contributed by atoms with Crippen molar-refractivity contribution >= 4 is 21.4 Å². The molecule has 0 spiro atoms. The lowest BCUT2D eigenvalue weighted by atomic mass is 10.1. The van der Waals surface area contributed by atoms with Gasteiger partial charge < -0.3 is 5.32 Å². The Morgan fingerprint density at radius 1 is 1.44 bits per heavy atom. The fourth-order valence-corrected chi connectivity index (χ4v) is 4.80. The van der Waals surface area contributed by atoms with Gasteiger partial charge in [-0.3, -0.25) is 0 Å². The zero-order chi connectivity index (χ0) is 13.0. The minimum atomic E-state index is -3.24. The van der Waals surface area contributed by atoms with Crippen LogP contribution in [0.3, 0.4) is 0 Å². The highest BCUT2D eigenvalue weighted by atomic mass is 32.2. The highest BCUT2D eigenvalue weighted by Gasteiger charge is 2.29. The molecule has 2 rings (SSSR count). The van der Waals surface area contributed by atoms with Crippen molar-refractivity contribution in [2.45, 2.75) is 36.4 Å². The molecule has 6 heteroatoms. The van der Waals surface area contributed by atoms with E-state index in [4.69, 9.17) is 0 Å². The van der Waals surface area contributed by atoms with E-state index in [-0.39, 0.29) is 0 Å². The first-order chi connectivity index (χ1) is 8.64. The maximum absolute atomic E-state index is 12.3. The molecular weight excluding hydrogens is 268 g/mol. The van der Waals surface area contributed by atoms with Crippen LogP contribution in [0.2, 0.25) is 0 Å². The van der Waals surface area contributed by atoms with Crippen molar-refractivity contribution in [3.05, 3.63) is 17.5 Å². The average molecular weight is 288 g/mol. The van der Waals surface area contributed by atoms with E-state index in [9.17, 15) is 8.42 Å². The maximum atomic E-state index is 12.3. The van der Waals surface area contributed by atoms with Crippen LogP contribution in [-0.4, -0.2) is 38.4 Å². The van der Waals surface area contributed by atoms with Gasteiger partial charge in [0.25, 0.3) is 10.0 Å². The Labute approximate surface area is 113 Å². The van der Waals surface area contributed by atoms with E-state index >= 15 is 0 Å². The molecule has 0 aromatic carbocycles. The summed E-state index contributed by atoms with van der Waals surface area (Å²) < 4.78 is 26.6. The van der Waals surface area contributed by atoms with Crippen molar-refractivity contribution in [2.75, 3.05) is 19.6 Å². The van der Waals surface area contributed by atoms with Crippen LogP contribution >= 0.6 is 11.3 Å². The summed E-state index contributed by atoms with van der Waals surface area (Å²) in [5.41, 5.74) is 0. The van der Waals surface area contributed by atoms with Gasteiger partial charge >= 0.3 is 0 Å². The van der Waals surface area contributed by atoms with Crippen LogP contribution in [0.4, 0.5) is 0 Å². The van der Waals surface area contributed by atoms with E-state index in [0.717, 1.165) is 25.8 Å². The number of sulfonamides is 1. The number of hydrogen-bond donors (Lipinski definition) is 1. The molecule has 1 aromatic heterocycles. The predicted octanol–water partition coefficient (Wildman–Crippen LogP) is 1.90. The molecule has 18 heavy (non-hydrogen) atoms. The summed E-state index contributed by atoms with van der Waals surface area (Å²) in [5.74, 6) is 0. The zero-order valence-electron chi connectivity index (χ0n) is 10.6. The molecule has 0 aliphatic carbocycles. The summed E-state index contributed by atoms with van der Waals surface area (Å²) in [6, 6.07) is 3.94. The minimum absolute atomic E-state index is 0.461. The molecule has 0 unspecified atom stereocenters.